The van der Waals surface area contributed by atoms with Gasteiger partial charge in [0, 0.05) is 7.05 Å². The maximum absolute atomic E-state index is 11.7. The van der Waals surface area contributed by atoms with Gasteiger partial charge in [-0.2, -0.15) is 18.2 Å². The van der Waals surface area contributed by atoms with Gasteiger partial charge in [-0.3, -0.25) is 0 Å². The summed E-state index contributed by atoms with van der Waals surface area (Å²) in [6, 6.07) is 3.64. The van der Waals surface area contributed by atoms with Crippen LogP contribution in [0.4, 0.5) is 0 Å². The highest BCUT2D eigenvalue weighted by molar-refractivity contribution is 7.86. The molecule has 1 aromatic carbocycles. The van der Waals surface area contributed by atoms with Crippen LogP contribution in [-0.4, -0.2) is 15.5 Å². The summed E-state index contributed by atoms with van der Waals surface area (Å²) in [4.78, 5) is 0.238. The fraction of sp³-hybridized carbons (Fsp3) is 0.400. The molecule has 5 heteroatoms. The third kappa shape index (κ3) is 2.56. The van der Waals surface area contributed by atoms with E-state index in [0.717, 1.165) is 5.56 Å². The molecule has 0 heterocycles. The van der Waals surface area contributed by atoms with Gasteiger partial charge in [-0.25, -0.2) is 0 Å². The third-order valence-corrected chi connectivity index (χ3v) is 3.58. The second-order valence-corrected chi connectivity index (χ2v) is 4.95. The molecule has 0 amide bonds. The molecule has 0 aliphatic carbocycles. The zero-order chi connectivity index (χ0) is 11.6. The molecule has 0 aliphatic rings. The van der Waals surface area contributed by atoms with Crippen LogP contribution in [0.5, 0.6) is 0 Å². The standard InChI is InChI=1S/C10H15NO3S/c1-7-5-8(2)10(9(3)6-7)15(12,13)14-11-4/h5-6,11H,1-4H3. The molecule has 0 fully saturated rings. The zero-order valence-electron chi connectivity index (χ0n) is 9.29. The van der Waals surface area contributed by atoms with Gasteiger partial charge in [-0.15, -0.1) is 0 Å². The van der Waals surface area contributed by atoms with Crippen molar-refractivity contribution in [1.82, 2.24) is 5.48 Å². The number of rotatable bonds is 3. The lowest BCUT2D eigenvalue weighted by Gasteiger charge is -2.10. The van der Waals surface area contributed by atoms with E-state index in [4.69, 9.17) is 0 Å². The average Bonchev–Trinajstić information content (AvgIpc) is 1.99. The van der Waals surface area contributed by atoms with Gasteiger partial charge in [0.15, 0.2) is 0 Å². The molecule has 0 saturated heterocycles. The van der Waals surface area contributed by atoms with Gasteiger partial charge in [0.25, 0.3) is 0 Å². The molecule has 0 atom stereocenters. The lowest BCUT2D eigenvalue weighted by atomic mass is 10.1. The number of aryl methyl sites for hydroxylation is 3. The normalized spacial score (nSPS) is 11.7. The molecule has 1 aromatic rings. The van der Waals surface area contributed by atoms with E-state index in [0.29, 0.717) is 11.1 Å². The minimum Gasteiger partial charge on any atom is -0.192 e. The number of nitrogens with one attached hydrogen (secondary N) is 1. The summed E-state index contributed by atoms with van der Waals surface area (Å²) in [6.45, 7) is 5.44. The first-order valence-corrected chi connectivity index (χ1v) is 5.97. The Morgan fingerprint density at radius 3 is 2.00 bits per heavy atom. The van der Waals surface area contributed by atoms with Gasteiger partial charge < -0.3 is 0 Å². The van der Waals surface area contributed by atoms with E-state index in [2.05, 4.69) is 9.76 Å². The van der Waals surface area contributed by atoms with Crippen LogP contribution in [0.1, 0.15) is 16.7 Å². The summed E-state index contributed by atoms with van der Waals surface area (Å²) in [7, 11) is -2.29. The quantitative estimate of drug-likeness (QED) is 0.797. The molecule has 84 valence electrons. The zero-order valence-corrected chi connectivity index (χ0v) is 10.1. The van der Waals surface area contributed by atoms with Crippen LogP contribution in [0, 0.1) is 20.8 Å². The Bertz CT molecular complexity index is 443. The average molecular weight is 229 g/mol. The van der Waals surface area contributed by atoms with Crippen molar-refractivity contribution in [2.75, 3.05) is 7.05 Å². The topological polar surface area (TPSA) is 55.4 Å². The van der Waals surface area contributed by atoms with Crippen molar-refractivity contribution in [2.45, 2.75) is 25.7 Å². The van der Waals surface area contributed by atoms with Gasteiger partial charge >= 0.3 is 10.1 Å². The van der Waals surface area contributed by atoms with Crippen LogP contribution >= 0.6 is 0 Å². The predicted molar refractivity (Wildman–Crippen MR) is 58.0 cm³/mol. The van der Waals surface area contributed by atoms with Gasteiger partial charge in [-0.1, -0.05) is 17.7 Å². The van der Waals surface area contributed by atoms with E-state index in [1.54, 1.807) is 13.8 Å². The van der Waals surface area contributed by atoms with Gasteiger partial charge in [-0.05, 0) is 31.9 Å². The smallest absolute Gasteiger partial charge is 0.192 e. The number of hydrogen-bond acceptors (Lipinski definition) is 4. The molecule has 0 bridgehead atoms. The molecule has 15 heavy (non-hydrogen) atoms. The van der Waals surface area contributed by atoms with Crippen molar-refractivity contribution in [1.29, 1.82) is 0 Å². The van der Waals surface area contributed by atoms with Crippen molar-refractivity contribution in [3.05, 3.63) is 28.8 Å². The van der Waals surface area contributed by atoms with Crippen molar-refractivity contribution < 1.29 is 12.7 Å². The molecule has 0 radical (unpaired) electrons. The maximum Gasteiger partial charge on any atom is 0.313 e. The van der Waals surface area contributed by atoms with Gasteiger partial charge in [0.05, 0.1) is 0 Å². The summed E-state index contributed by atoms with van der Waals surface area (Å²) < 4.78 is 27.9. The minimum atomic E-state index is -3.70. The highest BCUT2D eigenvalue weighted by atomic mass is 32.2. The lowest BCUT2D eigenvalue weighted by Crippen LogP contribution is -2.17. The summed E-state index contributed by atoms with van der Waals surface area (Å²) in [5.41, 5.74) is 4.62. The molecule has 0 saturated carbocycles. The van der Waals surface area contributed by atoms with Crippen molar-refractivity contribution in [3.8, 4) is 0 Å². The highest BCUT2D eigenvalue weighted by Crippen LogP contribution is 2.22. The van der Waals surface area contributed by atoms with Crippen LogP contribution in [0.3, 0.4) is 0 Å². The van der Waals surface area contributed by atoms with Gasteiger partial charge in [0.2, 0.25) is 0 Å². The lowest BCUT2D eigenvalue weighted by molar-refractivity contribution is 0.231. The summed E-state index contributed by atoms with van der Waals surface area (Å²) in [5.74, 6) is 0. The monoisotopic (exact) mass is 229 g/mol. The SMILES string of the molecule is CNOS(=O)(=O)c1c(C)cc(C)cc1C. The Hall–Kier alpha value is -0.910. The second-order valence-electron chi connectivity index (χ2n) is 3.47. The number of hydrogen-bond donors (Lipinski definition) is 1. The minimum absolute atomic E-state index is 0.238. The predicted octanol–water partition coefficient (Wildman–Crippen LogP) is 1.45. The third-order valence-electron chi connectivity index (χ3n) is 2.05. The molecule has 1 rings (SSSR count). The second kappa shape index (κ2) is 4.30. The molecule has 1 N–H and O–H groups in total. The molecule has 0 spiro atoms. The molecule has 0 aromatic heterocycles. The molecule has 4 nitrogen and oxygen atoms in total. The molecule has 0 unspecified atom stereocenters. The van der Waals surface area contributed by atoms with E-state index in [1.807, 2.05) is 19.1 Å². The Balaban J connectivity index is 3.38. The summed E-state index contributed by atoms with van der Waals surface area (Å²) in [6.07, 6.45) is 0. The van der Waals surface area contributed by atoms with Crippen LogP contribution in [0.25, 0.3) is 0 Å². The van der Waals surface area contributed by atoms with Crippen molar-refractivity contribution >= 4 is 10.1 Å². The molecule has 0 aliphatic heterocycles. The summed E-state index contributed by atoms with van der Waals surface area (Å²) in [5, 5.41) is 0. The highest BCUT2D eigenvalue weighted by Gasteiger charge is 2.20. The van der Waals surface area contributed by atoms with Crippen LogP contribution in [0.2, 0.25) is 0 Å². The van der Waals surface area contributed by atoms with E-state index < -0.39 is 10.1 Å². The number of benzene rings is 1. The Kier molecular flexibility index (Phi) is 3.49. The molecular weight excluding hydrogens is 214 g/mol. The van der Waals surface area contributed by atoms with E-state index in [9.17, 15) is 8.42 Å². The summed E-state index contributed by atoms with van der Waals surface area (Å²) >= 11 is 0. The Morgan fingerprint density at radius 1 is 1.13 bits per heavy atom. The first kappa shape index (κ1) is 12.2. The first-order chi connectivity index (χ1) is 6.88. The van der Waals surface area contributed by atoms with E-state index in [-0.39, 0.29) is 4.90 Å². The fourth-order valence-corrected chi connectivity index (χ4v) is 2.92. The van der Waals surface area contributed by atoms with E-state index >= 15 is 0 Å². The largest absolute Gasteiger partial charge is 0.313 e. The fourth-order valence-electron chi connectivity index (χ4n) is 1.71. The van der Waals surface area contributed by atoms with Crippen molar-refractivity contribution in [2.24, 2.45) is 0 Å². The van der Waals surface area contributed by atoms with E-state index in [1.165, 1.54) is 7.05 Å². The van der Waals surface area contributed by atoms with Crippen LogP contribution in [0.15, 0.2) is 17.0 Å². The van der Waals surface area contributed by atoms with Crippen LogP contribution < -0.4 is 5.48 Å². The van der Waals surface area contributed by atoms with Gasteiger partial charge in [0.1, 0.15) is 4.90 Å². The Morgan fingerprint density at radius 2 is 1.60 bits per heavy atom. The first-order valence-electron chi connectivity index (χ1n) is 4.56. The number of hydroxylamine groups is 1. The van der Waals surface area contributed by atoms with Crippen LogP contribution in [-0.2, 0) is 14.4 Å². The van der Waals surface area contributed by atoms with Crippen molar-refractivity contribution in [3.63, 3.8) is 0 Å². The molecular formula is C10H15NO3S. The maximum atomic E-state index is 11.7. The Labute approximate surface area is 90.3 Å².